The first kappa shape index (κ1) is 12.8. The molecular weight excluding hydrogens is 274 g/mol. The van der Waals surface area contributed by atoms with Crippen LogP contribution in [0.15, 0.2) is 65.2 Å². The summed E-state index contributed by atoms with van der Waals surface area (Å²) in [7, 11) is 0. The molecule has 0 unspecified atom stereocenters. The molecule has 0 aliphatic heterocycles. The van der Waals surface area contributed by atoms with Crippen LogP contribution in [0.25, 0.3) is 11.3 Å². The lowest BCUT2D eigenvalue weighted by molar-refractivity contribution is 0.306. The molecule has 0 saturated heterocycles. The molecule has 0 fully saturated rings. The molecular formula is C16H12ClNO2. The van der Waals surface area contributed by atoms with Crippen molar-refractivity contribution in [1.82, 2.24) is 5.16 Å². The largest absolute Gasteiger partial charge is 0.489 e. The van der Waals surface area contributed by atoms with Gasteiger partial charge in [0.1, 0.15) is 18.1 Å². The average Bonchev–Trinajstić information content (AvgIpc) is 2.93. The Morgan fingerprint density at radius 1 is 1.00 bits per heavy atom. The fourth-order valence-corrected chi connectivity index (χ4v) is 1.99. The predicted molar refractivity (Wildman–Crippen MR) is 77.7 cm³/mol. The number of aromatic nitrogens is 1. The Kier molecular flexibility index (Phi) is 3.70. The van der Waals surface area contributed by atoms with Crippen molar-refractivity contribution in [2.24, 2.45) is 0 Å². The first-order chi connectivity index (χ1) is 9.81. The van der Waals surface area contributed by atoms with E-state index in [1.165, 1.54) is 0 Å². The van der Waals surface area contributed by atoms with Crippen LogP contribution in [-0.4, -0.2) is 5.16 Å². The van der Waals surface area contributed by atoms with Crippen LogP contribution < -0.4 is 4.74 Å². The van der Waals surface area contributed by atoms with Gasteiger partial charge in [-0.25, -0.2) is 0 Å². The third-order valence-corrected chi connectivity index (χ3v) is 3.06. The van der Waals surface area contributed by atoms with E-state index < -0.39 is 0 Å². The van der Waals surface area contributed by atoms with E-state index in [0.29, 0.717) is 12.3 Å². The van der Waals surface area contributed by atoms with Crippen LogP contribution in [-0.2, 0) is 6.61 Å². The van der Waals surface area contributed by atoms with Crippen molar-refractivity contribution in [3.05, 3.63) is 71.4 Å². The molecule has 0 N–H and O–H groups in total. The van der Waals surface area contributed by atoms with Crippen molar-refractivity contribution in [1.29, 1.82) is 0 Å². The van der Waals surface area contributed by atoms with Gasteiger partial charge < -0.3 is 9.26 Å². The molecule has 1 aromatic heterocycles. The molecule has 0 aliphatic carbocycles. The molecule has 100 valence electrons. The van der Waals surface area contributed by atoms with Gasteiger partial charge >= 0.3 is 0 Å². The highest BCUT2D eigenvalue weighted by Gasteiger charge is 2.04. The molecule has 0 bridgehead atoms. The molecule has 20 heavy (non-hydrogen) atoms. The number of nitrogens with zero attached hydrogens (tertiary/aromatic N) is 1. The smallest absolute Gasteiger partial charge is 0.226 e. The van der Waals surface area contributed by atoms with E-state index in [2.05, 4.69) is 5.16 Å². The number of ether oxygens (including phenoxy) is 1. The van der Waals surface area contributed by atoms with E-state index in [1.54, 1.807) is 6.07 Å². The molecule has 0 aliphatic rings. The van der Waals surface area contributed by atoms with Crippen LogP contribution in [0.1, 0.15) is 5.56 Å². The molecule has 1 heterocycles. The molecule has 0 amide bonds. The highest BCUT2D eigenvalue weighted by Crippen LogP contribution is 2.24. The lowest BCUT2D eigenvalue weighted by Crippen LogP contribution is -1.94. The van der Waals surface area contributed by atoms with Crippen molar-refractivity contribution in [2.45, 2.75) is 6.61 Å². The summed E-state index contributed by atoms with van der Waals surface area (Å²) in [4.78, 5) is 0. The van der Waals surface area contributed by atoms with Crippen molar-refractivity contribution >= 4 is 11.6 Å². The number of hydrogen-bond acceptors (Lipinski definition) is 3. The van der Waals surface area contributed by atoms with E-state index >= 15 is 0 Å². The maximum Gasteiger partial charge on any atom is 0.226 e. The highest BCUT2D eigenvalue weighted by molar-refractivity contribution is 6.29. The minimum absolute atomic E-state index is 0.282. The lowest BCUT2D eigenvalue weighted by atomic mass is 10.1. The Morgan fingerprint density at radius 3 is 2.40 bits per heavy atom. The summed E-state index contributed by atoms with van der Waals surface area (Å²) in [6.07, 6.45) is 0. The van der Waals surface area contributed by atoms with Crippen molar-refractivity contribution in [2.75, 3.05) is 0 Å². The van der Waals surface area contributed by atoms with Gasteiger partial charge in [-0.05, 0) is 41.4 Å². The molecule has 3 aromatic rings. The summed E-state index contributed by atoms with van der Waals surface area (Å²) in [5, 5.41) is 4.14. The monoisotopic (exact) mass is 285 g/mol. The van der Waals surface area contributed by atoms with Crippen LogP contribution in [0.2, 0.25) is 5.22 Å². The maximum absolute atomic E-state index is 5.72. The van der Waals surface area contributed by atoms with Crippen molar-refractivity contribution in [3.63, 3.8) is 0 Å². The lowest BCUT2D eigenvalue weighted by Gasteiger charge is -2.06. The van der Waals surface area contributed by atoms with E-state index in [4.69, 9.17) is 20.9 Å². The number of halogens is 1. The van der Waals surface area contributed by atoms with Gasteiger partial charge in [-0.2, -0.15) is 0 Å². The van der Waals surface area contributed by atoms with Crippen LogP contribution in [0.5, 0.6) is 5.75 Å². The van der Waals surface area contributed by atoms with Gasteiger partial charge in [-0.15, -0.1) is 0 Å². The third-order valence-electron chi connectivity index (χ3n) is 2.88. The minimum Gasteiger partial charge on any atom is -0.489 e. The predicted octanol–water partition coefficient (Wildman–Crippen LogP) is 4.57. The van der Waals surface area contributed by atoms with Crippen LogP contribution in [0, 0.1) is 0 Å². The second kappa shape index (κ2) is 5.80. The SMILES string of the molecule is Clc1cc(-c2ccc(OCc3ccccc3)cc2)no1. The summed E-state index contributed by atoms with van der Waals surface area (Å²) < 4.78 is 10.6. The molecule has 0 atom stereocenters. The zero-order valence-electron chi connectivity index (χ0n) is 10.6. The van der Waals surface area contributed by atoms with E-state index in [1.807, 2.05) is 54.6 Å². The summed E-state index contributed by atoms with van der Waals surface area (Å²) >= 11 is 5.71. The standard InChI is InChI=1S/C16H12ClNO2/c17-16-10-15(18-20-16)13-6-8-14(9-7-13)19-11-12-4-2-1-3-5-12/h1-10H,11H2. The summed E-state index contributed by atoms with van der Waals surface area (Å²) in [5.41, 5.74) is 2.79. The van der Waals surface area contributed by atoms with Gasteiger partial charge in [0.05, 0.1) is 0 Å². The summed E-state index contributed by atoms with van der Waals surface area (Å²) in [6.45, 7) is 0.552. The fourth-order valence-electron chi connectivity index (χ4n) is 1.85. The second-order valence-corrected chi connectivity index (χ2v) is 4.69. The van der Waals surface area contributed by atoms with Gasteiger partial charge in [-0.3, -0.25) is 0 Å². The Labute approximate surface area is 121 Å². The quantitative estimate of drug-likeness (QED) is 0.704. The van der Waals surface area contributed by atoms with E-state index in [9.17, 15) is 0 Å². The maximum atomic E-state index is 5.72. The van der Waals surface area contributed by atoms with Gasteiger partial charge in [0, 0.05) is 11.6 Å². The minimum atomic E-state index is 0.282. The third kappa shape index (κ3) is 3.00. The normalized spacial score (nSPS) is 10.4. The molecule has 0 spiro atoms. The van der Waals surface area contributed by atoms with Gasteiger partial charge in [-0.1, -0.05) is 35.5 Å². The molecule has 0 radical (unpaired) electrons. The zero-order chi connectivity index (χ0) is 13.8. The van der Waals surface area contributed by atoms with Gasteiger partial charge in [0.2, 0.25) is 5.22 Å². The number of benzene rings is 2. The topological polar surface area (TPSA) is 35.3 Å². The number of rotatable bonds is 4. The Morgan fingerprint density at radius 2 is 1.75 bits per heavy atom. The average molecular weight is 286 g/mol. The number of hydrogen-bond donors (Lipinski definition) is 0. The molecule has 3 rings (SSSR count). The molecule has 0 saturated carbocycles. The van der Waals surface area contributed by atoms with Crippen molar-refractivity contribution < 1.29 is 9.26 Å². The van der Waals surface area contributed by atoms with Crippen molar-refractivity contribution in [3.8, 4) is 17.0 Å². The van der Waals surface area contributed by atoms with E-state index in [-0.39, 0.29) is 5.22 Å². The second-order valence-electron chi connectivity index (χ2n) is 4.31. The molecule has 2 aromatic carbocycles. The Balaban J connectivity index is 1.67. The van der Waals surface area contributed by atoms with Gasteiger partial charge in [0.15, 0.2) is 0 Å². The summed E-state index contributed by atoms with van der Waals surface area (Å²) in [5.74, 6) is 0.812. The van der Waals surface area contributed by atoms with Crippen LogP contribution >= 0.6 is 11.6 Å². The molecule has 3 nitrogen and oxygen atoms in total. The van der Waals surface area contributed by atoms with Crippen LogP contribution in [0.4, 0.5) is 0 Å². The Hall–Kier alpha value is -2.26. The van der Waals surface area contributed by atoms with E-state index in [0.717, 1.165) is 16.9 Å². The zero-order valence-corrected chi connectivity index (χ0v) is 11.4. The highest BCUT2D eigenvalue weighted by atomic mass is 35.5. The summed E-state index contributed by atoms with van der Waals surface area (Å²) in [6, 6.07) is 19.4. The first-order valence-corrected chi connectivity index (χ1v) is 6.58. The molecule has 4 heteroatoms. The van der Waals surface area contributed by atoms with Crippen LogP contribution in [0.3, 0.4) is 0 Å². The first-order valence-electron chi connectivity index (χ1n) is 6.21. The van der Waals surface area contributed by atoms with Gasteiger partial charge in [0.25, 0.3) is 0 Å². The Bertz CT molecular complexity index is 677. The fraction of sp³-hybridized carbons (Fsp3) is 0.0625.